The first-order valence-electron chi connectivity index (χ1n) is 2.54. The molecule has 3 heteroatoms. The normalized spacial score (nSPS) is 10.2. The third kappa shape index (κ3) is 0.579. The summed E-state index contributed by atoms with van der Waals surface area (Å²) in [5.74, 6) is 0. The molecular formula is C6H3N2O. The Balaban J connectivity index is 2.95. The molecule has 2 heterocycles. The first-order chi connectivity index (χ1) is 4.47. The monoisotopic (exact) mass is 119 g/mol. The average Bonchev–Trinajstić information content (AvgIpc) is 2.33. The lowest BCUT2D eigenvalue weighted by Crippen LogP contribution is -1.66. The lowest BCUT2D eigenvalue weighted by molar-refractivity contribution is 0.456. The Bertz CT molecular complexity index is 285. The molecule has 2 rings (SSSR count). The average molecular weight is 119 g/mol. The fraction of sp³-hybridized carbons (Fsp3) is 0. The van der Waals surface area contributed by atoms with E-state index in [1.54, 1.807) is 18.5 Å². The van der Waals surface area contributed by atoms with Crippen molar-refractivity contribution in [2.45, 2.75) is 0 Å². The quantitative estimate of drug-likeness (QED) is 0.519. The summed E-state index contributed by atoms with van der Waals surface area (Å²) in [6.45, 7) is 0. The van der Waals surface area contributed by atoms with Crippen molar-refractivity contribution in [1.29, 1.82) is 0 Å². The van der Waals surface area contributed by atoms with E-state index >= 15 is 0 Å². The largest absolute Gasteiger partial charge is 0.356 e. The summed E-state index contributed by atoms with van der Waals surface area (Å²) >= 11 is 0. The lowest BCUT2D eigenvalue weighted by Gasteiger charge is -1.77. The third-order valence-electron chi connectivity index (χ3n) is 1.08. The van der Waals surface area contributed by atoms with E-state index in [9.17, 15) is 0 Å². The molecule has 0 N–H and O–H groups in total. The van der Waals surface area contributed by atoms with E-state index in [0.29, 0.717) is 0 Å². The Hall–Kier alpha value is -1.38. The van der Waals surface area contributed by atoms with Crippen LogP contribution in [0.1, 0.15) is 0 Å². The molecule has 0 bridgehead atoms. The van der Waals surface area contributed by atoms with Crippen molar-refractivity contribution in [3.05, 3.63) is 24.7 Å². The van der Waals surface area contributed by atoms with Crippen LogP contribution in [0.3, 0.4) is 0 Å². The van der Waals surface area contributed by atoms with Crippen molar-refractivity contribution in [2.75, 3.05) is 0 Å². The van der Waals surface area contributed by atoms with Gasteiger partial charge in [0.15, 0.2) is 5.58 Å². The molecule has 0 aliphatic heterocycles. The Morgan fingerprint density at radius 1 is 1.56 bits per heavy atom. The zero-order valence-corrected chi connectivity index (χ0v) is 4.53. The molecule has 0 saturated carbocycles. The van der Waals surface area contributed by atoms with Crippen LogP contribution in [-0.2, 0) is 0 Å². The Morgan fingerprint density at radius 3 is 3.44 bits per heavy atom. The molecule has 9 heavy (non-hydrogen) atoms. The Labute approximate surface area is 51.3 Å². The van der Waals surface area contributed by atoms with E-state index in [1.807, 2.05) is 0 Å². The minimum Gasteiger partial charge on any atom is -0.356 e. The van der Waals surface area contributed by atoms with E-state index in [-0.39, 0.29) is 0 Å². The second kappa shape index (κ2) is 1.55. The van der Waals surface area contributed by atoms with Crippen molar-refractivity contribution in [3.8, 4) is 0 Å². The van der Waals surface area contributed by atoms with E-state index < -0.39 is 0 Å². The first kappa shape index (κ1) is 4.49. The molecule has 1 radical (unpaired) electrons. The van der Waals surface area contributed by atoms with Gasteiger partial charge in [0.2, 0.25) is 0 Å². The van der Waals surface area contributed by atoms with Crippen LogP contribution in [0.15, 0.2) is 23.0 Å². The summed E-state index contributed by atoms with van der Waals surface area (Å²) < 4.78 is 4.80. The zero-order valence-electron chi connectivity index (χ0n) is 4.53. The minimum atomic E-state index is 0.727. The minimum absolute atomic E-state index is 0.727. The molecule has 0 saturated heterocycles. The number of nitrogens with zero attached hydrogens (tertiary/aromatic N) is 2. The van der Waals surface area contributed by atoms with Crippen LogP contribution in [0.5, 0.6) is 0 Å². The van der Waals surface area contributed by atoms with Gasteiger partial charge in [0.25, 0.3) is 0 Å². The van der Waals surface area contributed by atoms with Gasteiger partial charge in [0.05, 0.1) is 11.6 Å². The van der Waals surface area contributed by atoms with Gasteiger partial charge >= 0.3 is 0 Å². The highest BCUT2D eigenvalue weighted by molar-refractivity contribution is 5.73. The summed E-state index contributed by atoms with van der Waals surface area (Å²) in [4.78, 5) is 3.76. The molecule has 2 aromatic heterocycles. The number of hydrogen-bond acceptors (Lipinski definition) is 3. The molecule has 0 unspecified atom stereocenters. The van der Waals surface area contributed by atoms with Gasteiger partial charge in [-0.1, -0.05) is 5.16 Å². The predicted molar refractivity (Wildman–Crippen MR) is 30.6 cm³/mol. The van der Waals surface area contributed by atoms with Crippen LogP contribution in [0.2, 0.25) is 0 Å². The smallest absolute Gasteiger partial charge is 0.170 e. The van der Waals surface area contributed by atoms with Crippen molar-refractivity contribution in [3.63, 3.8) is 0 Å². The van der Waals surface area contributed by atoms with Gasteiger partial charge in [-0.05, 0) is 0 Å². The number of rotatable bonds is 0. The van der Waals surface area contributed by atoms with Crippen LogP contribution in [0, 0.1) is 6.20 Å². The standard InChI is InChI=1S/C6H3N2O/c1-2-7-3-5-4-8-9-6(1)5/h1-2,4H. The maximum atomic E-state index is 4.80. The predicted octanol–water partition coefficient (Wildman–Crippen LogP) is 1.02. The third-order valence-corrected chi connectivity index (χ3v) is 1.08. The molecule has 0 amide bonds. The van der Waals surface area contributed by atoms with Crippen LogP contribution >= 0.6 is 0 Å². The molecule has 43 valence electrons. The van der Waals surface area contributed by atoms with Crippen LogP contribution in [-0.4, -0.2) is 10.1 Å². The van der Waals surface area contributed by atoms with Crippen molar-refractivity contribution in [2.24, 2.45) is 0 Å². The van der Waals surface area contributed by atoms with Gasteiger partial charge in [0, 0.05) is 12.3 Å². The number of pyridine rings is 1. The van der Waals surface area contributed by atoms with E-state index in [0.717, 1.165) is 11.0 Å². The molecule has 2 aromatic rings. The molecule has 3 nitrogen and oxygen atoms in total. The van der Waals surface area contributed by atoms with Gasteiger partial charge in [0.1, 0.15) is 6.20 Å². The summed E-state index contributed by atoms with van der Waals surface area (Å²) in [6.07, 6.45) is 5.93. The topological polar surface area (TPSA) is 38.9 Å². The maximum Gasteiger partial charge on any atom is 0.170 e. The van der Waals surface area contributed by atoms with Gasteiger partial charge < -0.3 is 4.52 Å². The molecule has 0 aliphatic carbocycles. The van der Waals surface area contributed by atoms with E-state index in [1.165, 1.54) is 0 Å². The summed E-state index contributed by atoms with van der Waals surface area (Å²) in [5, 5.41) is 4.37. The van der Waals surface area contributed by atoms with Crippen LogP contribution < -0.4 is 0 Å². The number of hydrogen-bond donors (Lipinski definition) is 0. The second-order valence-corrected chi connectivity index (χ2v) is 1.66. The summed E-state index contributed by atoms with van der Waals surface area (Å²) in [6, 6.07) is 1.75. The van der Waals surface area contributed by atoms with E-state index in [4.69, 9.17) is 4.52 Å². The lowest BCUT2D eigenvalue weighted by atomic mass is 10.4. The molecule has 0 atom stereocenters. The number of fused-ring (bicyclic) bond motifs is 1. The first-order valence-corrected chi connectivity index (χ1v) is 2.54. The van der Waals surface area contributed by atoms with Gasteiger partial charge in [-0.25, -0.2) is 0 Å². The fourth-order valence-corrected chi connectivity index (χ4v) is 0.665. The highest BCUT2D eigenvalue weighted by atomic mass is 16.5. The van der Waals surface area contributed by atoms with E-state index in [2.05, 4.69) is 16.3 Å². The SMILES string of the molecule is [c]1nccc2oncc12. The summed E-state index contributed by atoms with van der Waals surface area (Å²) in [5.41, 5.74) is 0.727. The van der Waals surface area contributed by atoms with Crippen molar-refractivity contribution >= 4 is 11.0 Å². The molecule has 0 aromatic carbocycles. The molecule has 0 spiro atoms. The highest BCUT2D eigenvalue weighted by Gasteiger charge is 1.93. The van der Waals surface area contributed by atoms with Crippen LogP contribution in [0.4, 0.5) is 0 Å². The highest BCUT2D eigenvalue weighted by Crippen LogP contribution is 2.07. The van der Waals surface area contributed by atoms with Crippen molar-refractivity contribution in [1.82, 2.24) is 10.1 Å². The maximum absolute atomic E-state index is 4.80. The van der Waals surface area contributed by atoms with Crippen LogP contribution in [0.25, 0.3) is 11.0 Å². The summed E-state index contributed by atoms with van der Waals surface area (Å²) in [7, 11) is 0. The molecule has 0 fully saturated rings. The Kier molecular flexibility index (Phi) is 0.773. The number of aromatic nitrogens is 2. The molecular weight excluding hydrogens is 116 g/mol. The second-order valence-electron chi connectivity index (χ2n) is 1.66. The fourth-order valence-electron chi connectivity index (χ4n) is 0.665. The Morgan fingerprint density at radius 2 is 2.56 bits per heavy atom. The molecule has 0 aliphatic rings. The van der Waals surface area contributed by atoms with Gasteiger partial charge in [-0.2, -0.15) is 0 Å². The van der Waals surface area contributed by atoms with Gasteiger partial charge in [-0.3, -0.25) is 4.98 Å². The zero-order chi connectivity index (χ0) is 6.10. The van der Waals surface area contributed by atoms with Crippen molar-refractivity contribution < 1.29 is 4.52 Å². The van der Waals surface area contributed by atoms with Gasteiger partial charge in [-0.15, -0.1) is 0 Å².